The molecule has 0 spiro atoms. The Morgan fingerprint density at radius 1 is 1.40 bits per heavy atom. The Morgan fingerprint density at radius 2 is 2.27 bits per heavy atom. The minimum atomic E-state index is 0.447. The van der Waals surface area contributed by atoms with Crippen molar-refractivity contribution in [3.8, 4) is 0 Å². The van der Waals surface area contributed by atoms with Crippen molar-refractivity contribution in [1.29, 1.82) is 0 Å². The lowest BCUT2D eigenvalue weighted by molar-refractivity contribution is 0.490. The van der Waals surface area contributed by atoms with Gasteiger partial charge < -0.3 is 15.5 Å². The molecular formula is C10H12N4O. The Bertz CT molecular complexity index is 452. The van der Waals surface area contributed by atoms with E-state index in [9.17, 15) is 0 Å². The van der Waals surface area contributed by atoms with Crippen LogP contribution in [-0.2, 0) is 6.54 Å². The van der Waals surface area contributed by atoms with Gasteiger partial charge in [-0.25, -0.2) is 4.98 Å². The first-order valence-electron chi connectivity index (χ1n) is 4.62. The van der Waals surface area contributed by atoms with Crippen LogP contribution in [0, 0.1) is 6.92 Å². The molecule has 0 aromatic carbocycles. The lowest BCUT2D eigenvalue weighted by atomic mass is 10.4. The van der Waals surface area contributed by atoms with Gasteiger partial charge in [0, 0.05) is 6.20 Å². The van der Waals surface area contributed by atoms with Crippen molar-refractivity contribution in [1.82, 2.24) is 9.97 Å². The molecule has 2 aromatic rings. The third-order valence-electron chi connectivity index (χ3n) is 1.89. The minimum absolute atomic E-state index is 0.447. The van der Waals surface area contributed by atoms with Crippen molar-refractivity contribution >= 4 is 11.8 Å². The van der Waals surface area contributed by atoms with Gasteiger partial charge in [-0.05, 0) is 25.1 Å². The first-order valence-corrected chi connectivity index (χ1v) is 4.62. The van der Waals surface area contributed by atoms with E-state index in [1.165, 1.54) is 0 Å². The number of aryl methyl sites for hydroxylation is 1. The zero-order chi connectivity index (χ0) is 10.7. The lowest BCUT2D eigenvalue weighted by Crippen LogP contribution is -2.03. The molecule has 0 amide bonds. The van der Waals surface area contributed by atoms with Crippen molar-refractivity contribution < 1.29 is 4.42 Å². The van der Waals surface area contributed by atoms with Crippen molar-refractivity contribution in [2.24, 2.45) is 0 Å². The number of rotatable bonds is 3. The van der Waals surface area contributed by atoms with Gasteiger partial charge in [0.05, 0.1) is 6.54 Å². The first kappa shape index (κ1) is 9.51. The maximum absolute atomic E-state index is 5.52. The molecule has 2 aromatic heterocycles. The van der Waals surface area contributed by atoms with Crippen LogP contribution in [0.2, 0.25) is 0 Å². The third-order valence-corrected chi connectivity index (χ3v) is 1.89. The van der Waals surface area contributed by atoms with Gasteiger partial charge in [0.15, 0.2) is 0 Å². The molecule has 2 rings (SSSR count). The van der Waals surface area contributed by atoms with Gasteiger partial charge in [-0.2, -0.15) is 4.98 Å². The number of nitrogen functional groups attached to an aromatic ring is 1. The molecule has 0 aliphatic rings. The van der Waals surface area contributed by atoms with Crippen molar-refractivity contribution in [2.45, 2.75) is 13.5 Å². The minimum Gasteiger partial charge on any atom is -0.465 e. The zero-order valence-corrected chi connectivity index (χ0v) is 8.40. The lowest BCUT2D eigenvalue weighted by Gasteiger charge is -2.02. The summed E-state index contributed by atoms with van der Waals surface area (Å²) in [6.07, 6.45) is 1.61. The molecular weight excluding hydrogens is 192 g/mol. The van der Waals surface area contributed by atoms with Gasteiger partial charge in [0.2, 0.25) is 5.95 Å². The van der Waals surface area contributed by atoms with Gasteiger partial charge in [-0.1, -0.05) is 0 Å². The predicted octanol–water partition coefficient (Wildman–Crippen LogP) is 1.57. The van der Waals surface area contributed by atoms with Gasteiger partial charge in [0.25, 0.3) is 0 Å². The molecule has 5 nitrogen and oxygen atoms in total. The Hall–Kier alpha value is -2.04. The highest BCUT2D eigenvalue weighted by Crippen LogP contribution is 2.08. The van der Waals surface area contributed by atoms with Crippen molar-refractivity contribution in [3.63, 3.8) is 0 Å². The largest absolute Gasteiger partial charge is 0.465 e. The van der Waals surface area contributed by atoms with Crippen LogP contribution < -0.4 is 11.1 Å². The number of nitrogens with two attached hydrogens (primary N) is 1. The van der Waals surface area contributed by atoms with Gasteiger partial charge in [0.1, 0.15) is 17.3 Å². The summed E-state index contributed by atoms with van der Waals surface area (Å²) in [5, 5.41) is 3.02. The molecule has 3 N–H and O–H groups in total. The molecule has 0 aliphatic heterocycles. The van der Waals surface area contributed by atoms with Crippen LogP contribution in [0.4, 0.5) is 11.8 Å². The summed E-state index contributed by atoms with van der Waals surface area (Å²) in [6, 6.07) is 5.47. The predicted molar refractivity (Wildman–Crippen MR) is 57.2 cm³/mol. The van der Waals surface area contributed by atoms with E-state index in [1.54, 1.807) is 12.3 Å². The quantitative estimate of drug-likeness (QED) is 0.793. The number of nitrogens with zero attached hydrogens (tertiary/aromatic N) is 2. The number of hydrogen-bond acceptors (Lipinski definition) is 5. The summed E-state index contributed by atoms with van der Waals surface area (Å²) < 4.78 is 5.39. The molecule has 0 radical (unpaired) electrons. The first-order chi connectivity index (χ1) is 7.24. The smallest absolute Gasteiger partial charge is 0.224 e. The maximum Gasteiger partial charge on any atom is 0.224 e. The molecule has 0 aliphatic carbocycles. The number of hydrogen-bond donors (Lipinski definition) is 2. The van der Waals surface area contributed by atoms with Crippen LogP contribution in [0.1, 0.15) is 11.5 Å². The summed E-state index contributed by atoms with van der Waals surface area (Å²) in [6.45, 7) is 2.46. The molecule has 0 saturated carbocycles. The summed E-state index contributed by atoms with van der Waals surface area (Å²) in [5.41, 5.74) is 5.52. The second-order valence-corrected chi connectivity index (χ2v) is 3.17. The average Bonchev–Trinajstić information content (AvgIpc) is 2.62. The average molecular weight is 204 g/mol. The Labute approximate surface area is 87.3 Å². The van der Waals surface area contributed by atoms with E-state index < -0.39 is 0 Å². The Kier molecular flexibility index (Phi) is 2.53. The monoisotopic (exact) mass is 204 g/mol. The Morgan fingerprint density at radius 3 is 2.93 bits per heavy atom. The van der Waals surface area contributed by atoms with Crippen molar-refractivity contribution in [2.75, 3.05) is 11.1 Å². The number of aromatic nitrogens is 2. The summed E-state index contributed by atoms with van der Waals surface area (Å²) in [7, 11) is 0. The standard InChI is InChI=1S/C10H12N4O/c1-7-2-3-8(15-7)6-13-10-12-5-4-9(11)14-10/h2-5H,6H2,1H3,(H3,11,12,13,14). The fraction of sp³-hybridized carbons (Fsp3) is 0.200. The van der Waals surface area contributed by atoms with Crippen molar-refractivity contribution in [3.05, 3.63) is 35.9 Å². The van der Waals surface area contributed by atoms with E-state index in [0.717, 1.165) is 11.5 Å². The number of nitrogens with one attached hydrogen (secondary N) is 1. The Balaban J connectivity index is 1.99. The molecule has 15 heavy (non-hydrogen) atoms. The van der Waals surface area contributed by atoms with Crippen LogP contribution >= 0.6 is 0 Å². The normalized spacial score (nSPS) is 10.2. The highest BCUT2D eigenvalue weighted by atomic mass is 16.3. The number of anilines is 2. The second-order valence-electron chi connectivity index (χ2n) is 3.17. The molecule has 78 valence electrons. The van der Waals surface area contributed by atoms with Crippen LogP contribution in [0.15, 0.2) is 28.8 Å². The third kappa shape index (κ3) is 2.46. The SMILES string of the molecule is Cc1ccc(CNc2nccc(N)n2)o1. The summed E-state index contributed by atoms with van der Waals surface area (Å²) >= 11 is 0. The molecule has 2 heterocycles. The van der Waals surface area contributed by atoms with E-state index in [0.29, 0.717) is 18.3 Å². The highest BCUT2D eigenvalue weighted by molar-refractivity contribution is 5.35. The summed E-state index contributed by atoms with van der Waals surface area (Å²) in [5.74, 6) is 2.69. The topological polar surface area (TPSA) is 77.0 Å². The molecule has 0 bridgehead atoms. The van der Waals surface area contributed by atoms with E-state index >= 15 is 0 Å². The number of furan rings is 1. The fourth-order valence-corrected chi connectivity index (χ4v) is 1.20. The molecule has 0 saturated heterocycles. The van der Waals surface area contributed by atoms with E-state index in [2.05, 4.69) is 15.3 Å². The van der Waals surface area contributed by atoms with E-state index in [4.69, 9.17) is 10.2 Å². The van der Waals surface area contributed by atoms with E-state index in [-0.39, 0.29) is 0 Å². The van der Waals surface area contributed by atoms with Gasteiger partial charge >= 0.3 is 0 Å². The van der Waals surface area contributed by atoms with Gasteiger partial charge in [-0.3, -0.25) is 0 Å². The van der Waals surface area contributed by atoms with Gasteiger partial charge in [-0.15, -0.1) is 0 Å². The molecule has 5 heteroatoms. The molecule has 0 fully saturated rings. The van der Waals surface area contributed by atoms with Crippen LogP contribution in [0.25, 0.3) is 0 Å². The van der Waals surface area contributed by atoms with Crippen LogP contribution in [0.3, 0.4) is 0 Å². The van der Waals surface area contributed by atoms with E-state index in [1.807, 2.05) is 19.1 Å². The maximum atomic E-state index is 5.52. The fourth-order valence-electron chi connectivity index (χ4n) is 1.20. The molecule has 0 unspecified atom stereocenters. The van der Waals surface area contributed by atoms with Crippen LogP contribution in [-0.4, -0.2) is 9.97 Å². The second kappa shape index (κ2) is 4.00. The zero-order valence-electron chi connectivity index (χ0n) is 8.40. The molecule has 0 atom stereocenters. The summed E-state index contributed by atoms with van der Waals surface area (Å²) in [4.78, 5) is 8.03. The highest BCUT2D eigenvalue weighted by Gasteiger charge is 2.00. The van der Waals surface area contributed by atoms with Crippen LogP contribution in [0.5, 0.6) is 0 Å².